The number of benzene rings is 1. The summed E-state index contributed by atoms with van der Waals surface area (Å²) in [6.07, 6.45) is 4.33. The van der Waals surface area contributed by atoms with Crippen LogP contribution in [0.3, 0.4) is 0 Å². The number of esters is 1. The molecule has 0 amide bonds. The second kappa shape index (κ2) is 6.94. The van der Waals surface area contributed by atoms with Crippen molar-refractivity contribution in [1.82, 2.24) is 0 Å². The van der Waals surface area contributed by atoms with E-state index in [1.807, 2.05) is 18.2 Å². The van der Waals surface area contributed by atoms with Crippen LogP contribution in [0.4, 0.5) is 0 Å². The van der Waals surface area contributed by atoms with E-state index in [0.29, 0.717) is 5.92 Å². The van der Waals surface area contributed by atoms with Gasteiger partial charge in [-0.15, -0.1) is 0 Å². The number of carbonyl (C=O) groups excluding carboxylic acids is 1. The Labute approximate surface area is 150 Å². The van der Waals surface area contributed by atoms with Crippen LogP contribution in [0, 0.1) is 5.92 Å². The minimum atomic E-state index is -0.469. The Morgan fingerprint density at radius 1 is 1.09 bits per heavy atom. The predicted molar refractivity (Wildman–Crippen MR) is 87.5 cm³/mol. The van der Waals surface area contributed by atoms with Crippen molar-refractivity contribution in [3.63, 3.8) is 0 Å². The Balaban J connectivity index is 0.00000192. The maximum atomic E-state index is 12.9. The molecule has 1 aliphatic heterocycles. The van der Waals surface area contributed by atoms with E-state index in [9.17, 15) is 4.79 Å². The van der Waals surface area contributed by atoms with Crippen LogP contribution in [0.25, 0.3) is 0 Å². The Morgan fingerprint density at radius 3 is 2.17 bits per heavy atom. The average molecular weight is 382 g/mol. The quantitative estimate of drug-likeness (QED) is 0.547. The molecule has 1 aromatic carbocycles. The average Bonchev–Trinajstić information content (AvgIpc) is 3.34. The van der Waals surface area contributed by atoms with Gasteiger partial charge in [0.1, 0.15) is 6.10 Å². The van der Waals surface area contributed by atoms with Crippen LogP contribution in [-0.2, 0) is 14.9 Å². The number of halogens is 1. The van der Waals surface area contributed by atoms with E-state index in [1.54, 1.807) is 0 Å². The molecule has 0 aromatic heterocycles. The standard InChI is InChI=1S/C19H28NO2.BrH/c1-19(16-9-10-16,15-7-5-4-6-8-15)18(21)22-17-11-13-20(2,3)14-12-17;/h4-8,16-17H,9-14H2,1-3H3;1H/q+1;/p-1. The number of piperidine rings is 1. The van der Waals surface area contributed by atoms with Crippen LogP contribution in [-0.4, -0.2) is 43.7 Å². The molecule has 4 heteroatoms. The van der Waals surface area contributed by atoms with Gasteiger partial charge in [-0.25, -0.2) is 0 Å². The number of rotatable bonds is 4. The maximum absolute atomic E-state index is 12.9. The van der Waals surface area contributed by atoms with Crippen LogP contribution in [0.2, 0.25) is 0 Å². The Bertz CT molecular complexity index is 532. The zero-order valence-corrected chi connectivity index (χ0v) is 16.0. The van der Waals surface area contributed by atoms with Crippen LogP contribution in [0.1, 0.15) is 38.2 Å². The number of ether oxygens (including phenoxy) is 1. The number of hydrogen-bond donors (Lipinski definition) is 0. The molecule has 1 aliphatic carbocycles. The summed E-state index contributed by atoms with van der Waals surface area (Å²) >= 11 is 0. The largest absolute Gasteiger partial charge is 1.00 e. The van der Waals surface area contributed by atoms with E-state index in [-0.39, 0.29) is 29.1 Å². The van der Waals surface area contributed by atoms with Gasteiger partial charge in [-0.2, -0.15) is 0 Å². The van der Waals surface area contributed by atoms with Crippen LogP contribution in [0.5, 0.6) is 0 Å². The fourth-order valence-electron chi connectivity index (χ4n) is 3.60. The molecule has 0 bridgehead atoms. The second-order valence-electron chi connectivity index (χ2n) is 7.83. The van der Waals surface area contributed by atoms with Gasteiger partial charge >= 0.3 is 5.97 Å². The molecule has 128 valence electrons. The summed E-state index contributed by atoms with van der Waals surface area (Å²) < 4.78 is 6.99. The highest BCUT2D eigenvalue weighted by atomic mass is 79.9. The first-order valence-electron chi connectivity index (χ1n) is 8.50. The van der Waals surface area contributed by atoms with Crippen LogP contribution in [0.15, 0.2) is 30.3 Å². The minimum absolute atomic E-state index is 0. The van der Waals surface area contributed by atoms with Gasteiger partial charge in [0, 0.05) is 12.8 Å². The lowest BCUT2D eigenvalue weighted by molar-refractivity contribution is -0.896. The molecular weight excluding hydrogens is 354 g/mol. The summed E-state index contributed by atoms with van der Waals surface area (Å²) in [6, 6.07) is 10.2. The van der Waals surface area contributed by atoms with Gasteiger partial charge in [0.25, 0.3) is 0 Å². The first-order chi connectivity index (χ1) is 10.4. The molecule has 2 fully saturated rings. The van der Waals surface area contributed by atoms with Gasteiger partial charge in [0.15, 0.2) is 0 Å². The van der Waals surface area contributed by atoms with Gasteiger partial charge in [-0.05, 0) is 31.2 Å². The summed E-state index contributed by atoms with van der Waals surface area (Å²) in [6.45, 7) is 4.25. The van der Waals surface area contributed by atoms with E-state index in [1.165, 1.54) is 0 Å². The van der Waals surface area contributed by atoms with Crippen molar-refractivity contribution >= 4 is 5.97 Å². The number of nitrogens with zero attached hydrogens (tertiary/aromatic N) is 1. The second-order valence-corrected chi connectivity index (χ2v) is 7.83. The number of carbonyl (C=O) groups is 1. The minimum Gasteiger partial charge on any atom is -1.00 e. The Hall–Kier alpha value is -0.870. The van der Waals surface area contributed by atoms with Crippen molar-refractivity contribution in [1.29, 1.82) is 0 Å². The third-order valence-electron chi connectivity index (χ3n) is 5.58. The summed E-state index contributed by atoms with van der Waals surface area (Å²) in [5, 5.41) is 0. The van der Waals surface area contributed by atoms with Crippen molar-refractivity contribution in [2.24, 2.45) is 5.92 Å². The monoisotopic (exact) mass is 381 g/mol. The van der Waals surface area contributed by atoms with Crippen molar-refractivity contribution in [2.45, 2.75) is 44.1 Å². The first-order valence-corrected chi connectivity index (χ1v) is 8.50. The maximum Gasteiger partial charge on any atom is 0.316 e. The predicted octanol–water partition coefficient (Wildman–Crippen LogP) is 0.140. The third kappa shape index (κ3) is 3.97. The van der Waals surface area contributed by atoms with Gasteiger partial charge < -0.3 is 26.2 Å². The zero-order chi connectivity index (χ0) is 15.8. The number of quaternary nitrogens is 1. The van der Waals surface area contributed by atoms with Crippen LogP contribution < -0.4 is 17.0 Å². The molecule has 1 unspecified atom stereocenters. The highest BCUT2D eigenvalue weighted by Crippen LogP contribution is 2.48. The smallest absolute Gasteiger partial charge is 0.316 e. The zero-order valence-electron chi connectivity index (χ0n) is 14.4. The van der Waals surface area contributed by atoms with Crippen molar-refractivity contribution in [2.75, 3.05) is 27.2 Å². The van der Waals surface area contributed by atoms with Crippen molar-refractivity contribution < 1.29 is 31.0 Å². The summed E-state index contributed by atoms with van der Waals surface area (Å²) in [5.74, 6) is 0.427. The molecule has 1 saturated heterocycles. The van der Waals surface area contributed by atoms with Crippen molar-refractivity contribution in [3.8, 4) is 0 Å². The summed E-state index contributed by atoms with van der Waals surface area (Å²) in [5.41, 5.74) is 0.637. The summed E-state index contributed by atoms with van der Waals surface area (Å²) in [4.78, 5) is 12.9. The molecule has 1 saturated carbocycles. The SMILES string of the molecule is CC(C(=O)OC1CC[N+](C)(C)CC1)(c1ccccc1)C1CC1.[Br-]. The molecule has 3 rings (SSSR count). The fourth-order valence-corrected chi connectivity index (χ4v) is 3.60. The van der Waals surface area contributed by atoms with Gasteiger partial charge in [-0.1, -0.05) is 30.3 Å². The first kappa shape index (κ1) is 18.5. The van der Waals surface area contributed by atoms with E-state index in [2.05, 4.69) is 33.2 Å². The Kier molecular flexibility index (Phi) is 5.57. The topological polar surface area (TPSA) is 26.3 Å². The van der Waals surface area contributed by atoms with Gasteiger partial charge in [0.2, 0.25) is 0 Å². The molecular formula is C19H28BrNO2. The normalized spacial score (nSPS) is 23.4. The molecule has 2 aliphatic rings. The molecule has 3 nitrogen and oxygen atoms in total. The van der Waals surface area contributed by atoms with Gasteiger partial charge in [0.05, 0.1) is 32.6 Å². The van der Waals surface area contributed by atoms with E-state index >= 15 is 0 Å². The highest BCUT2D eigenvalue weighted by molar-refractivity contribution is 5.83. The lowest BCUT2D eigenvalue weighted by Gasteiger charge is -2.38. The molecule has 0 radical (unpaired) electrons. The number of hydrogen-bond acceptors (Lipinski definition) is 2. The number of likely N-dealkylation sites (tertiary alicyclic amines) is 1. The lowest BCUT2D eigenvalue weighted by atomic mass is 9.78. The lowest BCUT2D eigenvalue weighted by Crippen LogP contribution is -3.00. The summed E-state index contributed by atoms with van der Waals surface area (Å²) in [7, 11) is 4.49. The van der Waals surface area contributed by atoms with Crippen molar-refractivity contribution in [3.05, 3.63) is 35.9 Å². The molecule has 23 heavy (non-hydrogen) atoms. The molecule has 0 spiro atoms. The molecule has 0 N–H and O–H groups in total. The van der Waals surface area contributed by atoms with E-state index in [4.69, 9.17) is 4.74 Å². The highest BCUT2D eigenvalue weighted by Gasteiger charge is 2.50. The van der Waals surface area contributed by atoms with Crippen LogP contribution >= 0.6 is 0 Å². The molecule has 1 heterocycles. The third-order valence-corrected chi connectivity index (χ3v) is 5.58. The fraction of sp³-hybridized carbons (Fsp3) is 0.632. The van der Waals surface area contributed by atoms with Gasteiger partial charge in [-0.3, -0.25) is 4.79 Å². The Morgan fingerprint density at radius 2 is 1.65 bits per heavy atom. The van der Waals surface area contributed by atoms with E-state index < -0.39 is 5.41 Å². The van der Waals surface area contributed by atoms with E-state index in [0.717, 1.165) is 48.8 Å². The molecule has 1 atom stereocenters. The molecule has 1 aromatic rings.